The summed E-state index contributed by atoms with van der Waals surface area (Å²) < 4.78 is 0. The normalized spacial score (nSPS) is 23.9. The van der Waals surface area contributed by atoms with E-state index in [0.717, 1.165) is 31.1 Å². The molecule has 0 radical (unpaired) electrons. The number of halogens is 1. The Balaban J connectivity index is 2.43. The second kappa shape index (κ2) is 5.74. The van der Waals surface area contributed by atoms with Crippen LogP contribution in [0.5, 0.6) is 0 Å². The summed E-state index contributed by atoms with van der Waals surface area (Å²) in [5.41, 5.74) is 0. The van der Waals surface area contributed by atoms with E-state index in [1.807, 2.05) is 0 Å². The number of likely N-dealkylation sites (tertiary alicyclic amines) is 1. The maximum absolute atomic E-state index is 11.9. The average Bonchev–Trinajstić information content (AvgIpc) is 2.65. The maximum atomic E-state index is 11.9. The number of carbonyl (C=O) groups is 1. The van der Waals surface area contributed by atoms with Gasteiger partial charge in [0, 0.05) is 24.3 Å². The van der Waals surface area contributed by atoms with Gasteiger partial charge in [0.2, 0.25) is 5.91 Å². The van der Waals surface area contributed by atoms with E-state index < -0.39 is 0 Å². The number of nitrogens with zero attached hydrogens (tertiary/aromatic N) is 1. The Morgan fingerprint density at radius 2 is 2.36 bits per heavy atom. The molecular weight excluding hydrogens is 242 g/mol. The summed E-state index contributed by atoms with van der Waals surface area (Å²) in [4.78, 5) is 13.9. The van der Waals surface area contributed by atoms with E-state index in [4.69, 9.17) is 0 Å². The van der Waals surface area contributed by atoms with Gasteiger partial charge in [0.05, 0.1) is 0 Å². The quantitative estimate of drug-likeness (QED) is 0.713. The molecule has 1 aliphatic rings. The summed E-state index contributed by atoms with van der Waals surface area (Å²) in [5.74, 6) is 0.875. The van der Waals surface area contributed by atoms with Gasteiger partial charge in [-0.15, -0.1) is 0 Å². The number of hydrogen-bond acceptors (Lipinski definition) is 1. The molecule has 1 aliphatic heterocycles. The lowest BCUT2D eigenvalue weighted by molar-refractivity contribution is -0.132. The van der Waals surface area contributed by atoms with Gasteiger partial charge in [-0.05, 0) is 18.8 Å². The summed E-state index contributed by atoms with van der Waals surface area (Å²) >= 11 is 3.47. The second-order valence-corrected chi connectivity index (χ2v) is 4.90. The molecule has 2 atom stereocenters. The standard InChI is InChI=1S/C11H20BrNO/c1-3-9(2)7-11(14)13-6-4-5-10(13)8-12/h9-10H,3-8H2,1-2H3. The van der Waals surface area contributed by atoms with Gasteiger partial charge in [-0.2, -0.15) is 0 Å². The van der Waals surface area contributed by atoms with Crippen LogP contribution in [-0.2, 0) is 4.79 Å². The SMILES string of the molecule is CCC(C)CC(=O)N1CCCC1CBr. The minimum Gasteiger partial charge on any atom is -0.339 e. The highest BCUT2D eigenvalue weighted by Gasteiger charge is 2.27. The molecule has 1 amide bonds. The largest absolute Gasteiger partial charge is 0.339 e. The molecule has 0 aromatic heterocycles. The van der Waals surface area contributed by atoms with Crippen molar-refractivity contribution in [1.29, 1.82) is 0 Å². The van der Waals surface area contributed by atoms with Crippen LogP contribution in [0.25, 0.3) is 0 Å². The molecule has 0 saturated carbocycles. The molecule has 0 spiro atoms. The van der Waals surface area contributed by atoms with Crippen molar-refractivity contribution in [3.63, 3.8) is 0 Å². The third-order valence-electron chi connectivity index (χ3n) is 3.10. The maximum Gasteiger partial charge on any atom is 0.223 e. The monoisotopic (exact) mass is 261 g/mol. The molecule has 3 heteroatoms. The first kappa shape index (κ1) is 12.0. The number of amides is 1. The summed E-state index contributed by atoms with van der Waals surface area (Å²) in [5, 5.41) is 0.930. The van der Waals surface area contributed by atoms with E-state index in [1.165, 1.54) is 6.42 Å². The van der Waals surface area contributed by atoms with Crippen molar-refractivity contribution in [3.8, 4) is 0 Å². The van der Waals surface area contributed by atoms with Crippen LogP contribution in [0.1, 0.15) is 39.5 Å². The number of carbonyl (C=O) groups excluding carboxylic acids is 1. The Morgan fingerprint density at radius 3 is 2.93 bits per heavy atom. The van der Waals surface area contributed by atoms with Gasteiger partial charge < -0.3 is 4.90 Å². The topological polar surface area (TPSA) is 20.3 Å². The third-order valence-corrected chi connectivity index (χ3v) is 3.84. The van der Waals surface area contributed by atoms with Crippen LogP contribution in [-0.4, -0.2) is 28.7 Å². The van der Waals surface area contributed by atoms with E-state index in [1.54, 1.807) is 0 Å². The third kappa shape index (κ3) is 2.97. The molecule has 0 bridgehead atoms. The molecular formula is C11H20BrNO. The molecule has 1 heterocycles. The molecule has 0 N–H and O–H groups in total. The molecule has 0 aliphatic carbocycles. The Hall–Kier alpha value is -0.0500. The lowest BCUT2D eigenvalue weighted by Gasteiger charge is -2.24. The summed E-state index contributed by atoms with van der Waals surface area (Å²) in [6.07, 6.45) is 4.15. The zero-order chi connectivity index (χ0) is 10.6. The van der Waals surface area contributed by atoms with Gasteiger partial charge in [0.15, 0.2) is 0 Å². The van der Waals surface area contributed by atoms with Crippen molar-refractivity contribution >= 4 is 21.8 Å². The first-order valence-corrected chi connectivity index (χ1v) is 6.66. The lowest BCUT2D eigenvalue weighted by atomic mass is 10.0. The molecule has 82 valence electrons. The Bertz CT molecular complexity index is 196. The van der Waals surface area contributed by atoms with Crippen molar-refractivity contribution in [1.82, 2.24) is 4.90 Å². The van der Waals surface area contributed by atoms with Crippen LogP contribution in [0.15, 0.2) is 0 Å². The molecule has 0 aromatic carbocycles. The van der Waals surface area contributed by atoms with Crippen molar-refractivity contribution in [2.75, 3.05) is 11.9 Å². The van der Waals surface area contributed by atoms with E-state index in [9.17, 15) is 4.79 Å². The Kier molecular flexibility index (Phi) is 4.93. The molecule has 0 aromatic rings. The lowest BCUT2D eigenvalue weighted by Crippen LogP contribution is -2.37. The van der Waals surface area contributed by atoms with Crippen molar-refractivity contribution in [2.24, 2.45) is 5.92 Å². The molecule has 1 rings (SSSR count). The Labute approximate surface area is 95.2 Å². The molecule has 2 nitrogen and oxygen atoms in total. The minimum absolute atomic E-state index is 0.348. The van der Waals surface area contributed by atoms with Gasteiger partial charge >= 0.3 is 0 Å². The fraction of sp³-hybridized carbons (Fsp3) is 0.909. The van der Waals surface area contributed by atoms with Crippen molar-refractivity contribution < 1.29 is 4.79 Å². The van der Waals surface area contributed by atoms with Gasteiger partial charge in [-0.3, -0.25) is 4.79 Å². The van der Waals surface area contributed by atoms with Gasteiger partial charge in [0.1, 0.15) is 0 Å². The predicted molar refractivity (Wildman–Crippen MR) is 62.6 cm³/mol. The van der Waals surface area contributed by atoms with Crippen molar-refractivity contribution in [2.45, 2.75) is 45.6 Å². The Morgan fingerprint density at radius 1 is 1.64 bits per heavy atom. The summed E-state index contributed by atoms with van der Waals surface area (Å²) in [6.45, 7) is 5.26. The van der Waals surface area contributed by atoms with Crippen LogP contribution >= 0.6 is 15.9 Å². The number of hydrogen-bond donors (Lipinski definition) is 0. The van der Waals surface area contributed by atoms with Crippen LogP contribution in [0.4, 0.5) is 0 Å². The average molecular weight is 262 g/mol. The van der Waals surface area contributed by atoms with E-state index in [2.05, 4.69) is 34.7 Å². The fourth-order valence-corrected chi connectivity index (χ4v) is 2.56. The van der Waals surface area contributed by atoms with Crippen LogP contribution in [0.2, 0.25) is 0 Å². The highest BCUT2D eigenvalue weighted by molar-refractivity contribution is 9.09. The molecule has 14 heavy (non-hydrogen) atoms. The van der Waals surface area contributed by atoms with Crippen LogP contribution in [0.3, 0.4) is 0 Å². The molecule has 1 fully saturated rings. The van der Waals surface area contributed by atoms with Gasteiger partial charge in [0.25, 0.3) is 0 Å². The smallest absolute Gasteiger partial charge is 0.223 e. The van der Waals surface area contributed by atoms with Gasteiger partial charge in [-0.25, -0.2) is 0 Å². The molecule has 2 unspecified atom stereocenters. The zero-order valence-electron chi connectivity index (χ0n) is 9.13. The van der Waals surface area contributed by atoms with Gasteiger partial charge in [-0.1, -0.05) is 36.2 Å². The highest BCUT2D eigenvalue weighted by atomic mass is 79.9. The fourth-order valence-electron chi connectivity index (χ4n) is 1.88. The predicted octanol–water partition coefficient (Wildman–Crippen LogP) is 2.81. The minimum atomic E-state index is 0.348. The summed E-state index contributed by atoms with van der Waals surface area (Å²) in [6, 6.07) is 0.451. The first-order valence-electron chi connectivity index (χ1n) is 5.54. The number of alkyl halides is 1. The zero-order valence-corrected chi connectivity index (χ0v) is 10.7. The van der Waals surface area contributed by atoms with E-state index in [0.29, 0.717) is 17.9 Å². The van der Waals surface area contributed by atoms with Crippen LogP contribution in [0, 0.1) is 5.92 Å². The van der Waals surface area contributed by atoms with Crippen molar-refractivity contribution in [3.05, 3.63) is 0 Å². The van der Waals surface area contributed by atoms with E-state index in [-0.39, 0.29) is 0 Å². The number of rotatable bonds is 4. The van der Waals surface area contributed by atoms with E-state index >= 15 is 0 Å². The first-order chi connectivity index (χ1) is 6.69. The van der Waals surface area contributed by atoms with Crippen LogP contribution < -0.4 is 0 Å². The second-order valence-electron chi connectivity index (χ2n) is 4.26. The molecule has 1 saturated heterocycles. The summed E-state index contributed by atoms with van der Waals surface area (Å²) in [7, 11) is 0. The highest BCUT2D eigenvalue weighted by Crippen LogP contribution is 2.21.